The summed E-state index contributed by atoms with van der Waals surface area (Å²) in [5.74, 6) is 0. The van der Waals surface area contributed by atoms with Crippen molar-refractivity contribution in [1.82, 2.24) is 0 Å². The lowest BCUT2D eigenvalue weighted by molar-refractivity contribution is 0.218. The van der Waals surface area contributed by atoms with Crippen LogP contribution in [0.2, 0.25) is 10.0 Å². The van der Waals surface area contributed by atoms with Crippen LogP contribution in [0.4, 0.5) is 0 Å². The van der Waals surface area contributed by atoms with Crippen LogP contribution >= 0.6 is 23.2 Å². The maximum atomic E-state index is 9.75. The van der Waals surface area contributed by atoms with Crippen molar-refractivity contribution < 1.29 is 5.11 Å². The second kappa shape index (κ2) is 9.30. The van der Waals surface area contributed by atoms with Gasteiger partial charge in [-0.3, -0.25) is 0 Å². The molecule has 0 fully saturated rings. The summed E-state index contributed by atoms with van der Waals surface area (Å²) in [6, 6.07) is 7.36. The number of hydrogen-bond donors (Lipinski definition) is 1. The molecule has 0 amide bonds. The quantitative estimate of drug-likeness (QED) is 0.609. The molecule has 1 atom stereocenters. The zero-order chi connectivity index (χ0) is 15.7. The Hall–Kier alpha value is -0.750. The highest BCUT2D eigenvalue weighted by atomic mass is 35.5. The van der Waals surface area contributed by atoms with E-state index in [9.17, 15) is 10.4 Å². The minimum Gasteiger partial charge on any atom is -0.394 e. The first kappa shape index (κ1) is 18.3. The number of unbranched alkanes of at least 4 members (excludes halogenated alkanes) is 5. The molecule has 0 saturated carbocycles. The van der Waals surface area contributed by atoms with Crippen LogP contribution in [0.15, 0.2) is 18.2 Å². The number of benzene rings is 1. The van der Waals surface area contributed by atoms with Gasteiger partial charge in [-0.05, 0) is 24.1 Å². The average molecular weight is 328 g/mol. The van der Waals surface area contributed by atoms with Gasteiger partial charge < -0.3 is 5.11 Å². The van der Waals surface area contributed by atoms with Gasteiger partial charge in [0.1, 0.15) is 5.41 Å². The number of nitrogens with zero attached hydrogens (tertiary/aromatic N) is 1. The molecule has 1 unspecified atom stereocenters. The SMILES string of the molecule is CCCCCCCCC(C#N)(CO)c1ccc(Cl)cc1Cl. The molecule has 0 aliphatic carbocycles. The molecule has 116 valence electrons. The van der Waals surface area contributed by atoms with E-state index in [1.165, 1.54) is 25.7 Å². The molecular formula is C17H23Cl2NO. The third-order valence-electron chi connectivity index (χ3n) is 3.89. The van der Waals surface area contributed by atoms with Crippen LogP contribution in [0, 0.1) is 11.3 Å². The molecule has 0 spiro atoms. The highest BCUT2D eigenvalue weighted by molar-refractivity contribution is 6.35. The van der Waals surface area contributed by atoms with E-state index in [1.807, 2.05) is 0 Å². The fourth-order valence-electron chi connectivity index (χ4n) is 2.54. The number of nitriles is 1. The van der Waals surface area contributed by atoms with E-state index in [-0.39, 0.29) is 6.61 Å². The largest absolute Gasteiger partial charge is 0.394 e. The van der Waals surface area contributed by atoms with Crippen LogP contribution in [0.5, 0.6) is 0 Å². The van der Waals surface area contributed by atoms with Crippen molar-refractivity contribution in [2.75, 3.05) is 6.61 Å². The molecule has 0 radical (unpaired) electrons. The lowest BCUT2D eigenvalue weighted by Crippen LogP contribution is -2.29. The van der Waals surface area contributed by atoms with E-state index in [0.29, 0.717) is 22.0 Å². The maximum absolute atomic E-state index is 9.75. The standard InChI is InChI=1S/C17H23Cl2NO/c1-2-3-4-5-6-7-10-17(12-20,13-21)15-9-8-14(18)11-16(15)19/h8-9,11,21H,2-7,10,13H2,1H3. The predicted octanol–water partition coefficient (Wildman–Crippen LogP) is 5.50. The van der Waals surface area contributed by atoms with E-state index >= 15 is 0 Å². The van der Waals surface area contributed by atoms with Gasteiger partial charge in [-0.1, -0.05) is 74.7 Å². The van der Waals surface area contributed by atoms with E-state index < -0.39 is 5.41 Å². The van der Waals surface area contributed by atoms with Gasteiger partial charge in [0.05, 0.1) is 12.7 Å². The molecule has 0 saturated heterocycles. The first-order valence-corrected chi connectivity index (χ1v) is 8.33. The van der Waals surface area contributed by atoms with E-state index in [2.05, 4.69) is 13.0 Å². The predicted molar refractivity (Wildman–Crippen MR) is 88.8 cm³/mol. The first-order valence-electron chi connectivity index (χ1n) is 7.57. The summed E-state index contributed by atoms with van der Waals surface area (Å²) in [5.41, 5.74) is -0.251. The van der Waals surface area contributed by atoms with Crippen molar-refractivity contribution in [3.63, 3.8) is 0 Å². The zero-order valence-corrected chi connectivity index (χ0v) is 14.1. The van der Waals surface area contributed by atoms with Crippen LogP contribution in [-0.4, -0.2) is 11.7 Å². The normalized spacial score (nSPS) is 13.7. The summed E-state index contributed by atoms with van der Waals surface area (Å²) >= 11 is 12.1. The fourth-order valence-corrected chi connectivity index (χ4v) is 3.12. The van der Waals surface area contributed by atoms with Crippen molar-refractivity contribution in [3.05, 3.63) is 33.8 Å². The van der Waals surface area contributed by atoms with Crippen LogP contribution < -0.4 is 0 Å². The van der Waals surface area contributed by atoms with Gasteiger partial charge in [0, 0.05) is 10.0 Å². The van der Waals surface area contributed by atoms with E-state index in [0.717, 1.165) is 12.8 Å². The molecule has 2 nitrogen and oxygen atoms in total. The van der Waals surface area contributed by atoms with Crippen LogP contribution in [0.1, 0.15) is 57.4 Å². The Morgan fingerprint density at radius 3 is 2.38 bits per heavy atom. The Morgan fingerprint density at radius 1 is 1.14 bits per heavy atom. The van der Waals surface area contributed by atoms with Crippen molar-refractivity contribution in [1.29, 1.82) is 5.26 Å². The summed E-state index contributed by atoms with van der Waals surface area (Å²) in [6.45, 7) is 1.97. The average Bonchev–Trinajstić information content (AvgIpc) is 2.48. The van der Waals surface area contributed by atoms with Gasteiger partial charge in [-0.25, -0.2) is 0 Å². The Bertz CT molecular complexity index is 484. The fraction of sp³-hybridized carbons (Fsp3) is 0.588. The Labute approximate surface area is 137 Å². The molecule has 0 aliphatic rings. The highest BCUT2D eigenvalue weighted by Gasteiger charge is 2.33. The molecule has 1 N–H and O–H groups in total. The molecular weight excluding hydrogens is 305 g/mol. The zero-order valence-electron chi connectivity index (χ0n) is 12.5. The van der Waals surface area contributed by atoms with E-state index in [4.69, 9.17) is 23.2 Å². The minimum absolute atomic E-state index is 0.222. The maximum Gasteiger partial charge on any atom is 0.107 e. The van der Waals surface area contributed by atoms with E-state index in [1.54, 1.807) is 18.2 Å². The van der Waals surface area contributed by atoms with Crippen molar-refractivity contribution in [2.45, 2.75) is 57.3 Å². The summed E-state index contributed by atoms with van der Waals surface area (Å²) in [7, 11) is 0. The molecule has 1 aromatic carbocycles. The third-order valence-corrected chi connectivity index (χ3v) is 4.44. The summed E-state index contributed by atoms with van der Waals surface area (Å²) in [4.78, 5) is 0. The minimum atomic E-state index is -0.924. The number of aliphatic hydroxyl groups is 1. The van der Waals surface area contributed by atoms with Crippen molar-refractivity contribution in [2.24, 2.45) is 0 Å². The molecule has 0 aliphatic heterocycles. The molecule has 1 rings (SSSR count). The van der Waals surface area contributed by atoms with Gasteiger partial charge in [0.2, 0.25) is 0 Å². The number of halogens is 2. The lowest BCUT2D eigenvalue weighted by atomic mass is 9.78. The Kier molecular flexibility index (Phi) is 8.11. The number of hydrogen-bond acceptors (Lipinski definition) is 2. The number of aliphatic hydroxyl groups excluding tert-OH is 1. The molecule has 21 heavy (non-hydrogen) atoms. The second-order valence-electron chi connectivity index (χ2n) is 5.49. The molecule has 0 bridgehead atoms. The lowest BCUT2D eigenvalue weighted by Gasteiger charge is -2.26. The van der Waals surface area contributed by atoms with Gasteiger partial charge in [0.25, 0.3) is 0 Å². The summed E-state index contributed by atoms with van der Waals surface area (Å²) in [5, 5.41) is 20.3. The van der Waals surface area contributed by atoms with Crippen LogP contribution in [0.3, 0.4) is 0 Å². The highest BCUT2D eigenvalue weighted by Crippen LogP contribution is 2.35. The van der Waals surface area contributed by atoms with Gasteiger partial charge in [-0.15, -0.1) is 0 Å². The summed E-state index contributed by atoms with van der Waals surface area (Å²) < 4.78 is 0. The first-order chi connectivity index (χ1) is 10.1. The molecule has 1 aromatic rings. The second-order valence-corrected chi connectivity index (χ2v) is 6.34. The third kappa shape index (κ3) is 5.18. The Morgan fingerprint density at radius 2 is 1.81 bits per heavy atom. The van der Waals surface area contributed by atoms with Gasteiger partial charge in [0.15, 0.2) is 0 Å². The molecule has 0 heterocycles. The monoisotopic (exact) mass is 327 g/mol. The summed E-state index contributed by atoms with van der Waals surface area (Å²) in [6.07, 6.45) is 7.50. The van der Waals surface area contributed by atoms with Crippen molar-refractivity contribution in [3.8, 4) is 6.07 Å². The topological polar surface area (TPSA) is 44.0 Å². The van der Waals surface area contributed by atoms with Gasteiger partial charge in [-0.2, -0.15) is 5.26 Å². The van der Waals surface area contributed by atoms with Crippen LogP contribution in [-0.2, 0) is 5.41 Å². The van der Waals surface area contributed by atoms with Crippen molar-refractivity contribution >= 4 is 23.2 Å². The smallest absolute Gasteiger partial charge is 0.107 e. The molecule has 0 aromatic heterocycles. The number of rotatable bonds is 9. The van der Waals surface area contributed by atoms with Gasteiger partial charge >= 0.3 is 0 Å². The Balaban J connectivity index is 2.72. The van der Waals surface area contributed by atoms with Crippen LogP contribution in [0.25, 0.3) is 0 Å². The molecule has 4 heteroatoms.